The molecule has 27 heavy (non-hydrogen) atoms. The van der Waals surface area contributed by atoms with E-state index in [4.69, 9.17) is 0 Å². The van der Waals surface area contributed by atoms with E-state index in [1.54, 1.807) is 24.3 Å². The molecular weight excluding hydrogens is 366 g/mol. The quantitative estimate of drug-likeness (QED) is 0.647. The summed E-state index contributed by atoms with van der Waals surface area (Å²) in [6.07, 6.45) is 1.97. The number of nitrogens with one attached hydrogen (secondary N) is 2. The number of carbonyl (C=O) groups excluding carboxylic acids is 1. The van der Waals surface area contributed by atoms with Crippen molar-refractivity contribution in [1.82, 2.24) is 20.0 Å². The minimum atomic E-state index is -0.357. The van der Waals surface area contributed by atoms with Crippen LogP contribution in [0.5, 0.6) is 0 Å². The SMILES string of the molecule is CCC(CC)c1nnc(NC(=O)CCn2[nH]c(=O)c3ccccc3c2=O)s1. The van der Waals surface area contributed by atoms with Crippen molar-refractivity contribution < 1.29 is 4.79 Å². The molecule has 0 atom stereocenters. The van der Waals surface area contributed by atoms with Crippen molar-refractivity contribution in [2.24, 2.45) is 0 Å². The molecule has 0 radical (unpaired) electrons. The smallest absolute Gasteiger partial charge is 0.273 e. The topological polar surface area (TPSA) is 110 Å². The van der Waals surface area contributed by atoms with Gasteiger partial charge in [-0.25, -0.2) is 4.68 Å². The van der Waals surface area contributed by atoms with Gasteiger partial charge in [0.05, 0.1) is 17.3 Å². The number of amides is 1. The summed E-state index contributed by atoms with van der Waals surface area (Å²) in [5.41, 5.74) is -0.686. The van der Waals surface area contributed by atoms with Crippen LogP contribution < -0.4 is 16.4 Å². The first-order valence-corrected chi connectivity index (χ1v) is 9.70. The van der Waals surface area contributed by atoms with Crippen LogP contribution in [0, 0.1) is 0 Å². The zero-order chi connectivity index (χ0) is 19.4. The summed E-state index contributed by atoms with van der Waals surface area (Å²) in [5, 5.41) is 15.4. The van der Waals surface area contributed by atoms with Crippen molar-refractivity contribution in [3.05, 3.63) is 50.0 Å². The van der Waals surface area contributed by atoms with E-state index in [9.17, 15) is 14.4 Å². The van der Waals surface area contributed by atoms with E-state index < -0.39 is 0 Å². The molecule has 0 spiro atoms. The molecule has 0 saturated heterocycles. The second-order valence-corrected chi connectivity index (χ2v) is 7.21. The van der Waals surface area contributed by atoms with E-state index in [0.29, 0.717) is 21.8 Å². The Kier molecular flexibility index (Phi) is 5.80. The molecule has 0 bridgehead atoms. The van der Waals surface area contributed by atoms with E-state index in [0.717, 1.165) is 17.8 Å². The zero-order valence-corrected chi connectivity index (χ0v) is 16.0. The maximum Gasteiger partial charge on any atom is 0.273 e. The van der Waals surface area contributed by atoms with Crippen molar-refractivity contribution in [3.8, 4) is 0 Å². The lowest BCUT2D eigenvalue weighted by molar-refractivity contribution is -0.116. The number of hydrogen-bond donors (Lipinski definition) is 2. The van der Waals surface area contributed by atoms with Crippen LogP contribution in [0.1, 0.15) is 44.0 Å². The molecule has 3 aromatic rings. The van der Waals surface area contributed by atoms with Gasteiger partial charge in [0.1, 0.15) is 5.01 Å². The number of carbonyl (C=O) groups is 1. The van der Waals surface area contributed by atoms with Gasteiger partial charge in [-0.1, -0.05) is 37.3 Å². The van der Waals surface area contributed by atoms with E-state index in [1.807, 2.05) is 0 Å². The van der Waals surface area contributed by atoms with Gasteiger partial charge >= 0.3 is 0 Å². The summed E-state index contributed by atoms with van der Waals surface area (Å²) in [5.74, 6) is 0.0533. The minimum absolute atomic E-state index is 0.0358. The van der Waals surface area contributed by atoms with Gasteiger partial charge in [-0.05, 0) is 25.0 Å². The van der Waals surface area contributed by atoms with Crippen molar-refractivity contribution in [3.63, 3.8) is 0 Å². The Balaban J connectivity index is 1.68. The average Bonchev–Trinajstić information content (AvgIpc) is 3.12. The first kappa shape index (κ1) is 19.0. The molecule has 142 valence electrons. The average molecular weight is 387 g/mol. The lowest BCUT2D eigenvalue weighted by Crippen LogP contribution is -2.31. The maximum atomic E-state index is 12.4. The van der Waals surface area contributed by atoms with Gasteiger partial charge in [-0.3, -0.25) is 19.5 Å². The van der Waals surface area contributed by atoms with E-state index in [-0.39, 0.29) is 30.0 Å². The number of aromatic amines is 1. The van der Waals surface area contributed by atoms with Crippen LogP contribution in [0.3, 0.4) is 0 Å². The van der Waals surface area contributed by atoms with Crippen molar-refractivity contribution >= 4 is 33.1 Å². The number of fused-ring (bicyclic) bond motifs is 1. The third-order valence-electron chi connectivity index (χ3n) is 4.47. The number of aromatic nitrogens is 4. The number of hydrogen-bond acceptors (Lipinski definition) is 6. The molecule has 0 aliphatic heterocycles. The van der Waals surface area contributed by atoms with E-state index >= 15 is 0 Å². The third-order valence-corrected chi connectivity index (χ3v) is 5.47. The van der Waals surface area contributed by atoms with Crippen LogP contribution in [0.2, 0.25) is 0 Å². The predicted molar refractivity (Wildman–Crippen MR) is 105 cm³/mol. The molecule has 8 nitrogen and oxygen atoms in total. The van der Waals surface area contributed by atoms with Crippen LogP contribution in [0.15, 0.2) is 33.9 Å². The van der Waals surface area contributed by atoms with Gasteiger partial charge in [-0.2, -0.15) is 0 Å². The highest BCUT2D eigenvalue weighted by atomic mass is 32.1. The molecule has 2 aromatic heterocycles. The van der Waals surface area contributed by atoms with E-state index in [1.165, 1.54) is 16.0 Å². The highest BCUT2D eigenvalue weighted by molar-refractivity contribution is 7.15. The van der Waals surface area contributed by atoms with Gasteiger partial charge in [0.25, 0.3) is 11.1 Å². The Labute approximate surface area is 159 Å². The Bertz CT molecular complexity index is 1060. The second kappa shape index (κ2) is 8.26. The van der Waals surface area contributed by atoms with Gasteiger partial charge in [-0.15, -0.1) is 10.2 Å². The molecule has 1 aromatic carbocycles. The molecule has 1 amide bonds. The van der Waals surface area contributed by atoms with Gasteiger partial charge in [0.2, 0.25) is 11.0 Å². The number of anilines is 1. The maximum absolute atomic E-state index is 12.4. The lowest BCUT2D eigenvalue weighted by atomic mass is 10.1. The summed E-state index contributed by atoms with van der Waals surface area (Å²) in [7, 11) is 0. The van der Waals surface area contributed by atoms with Gasteiger partial charge in [0.15, 0.2) is 0 Å². The fourth-order valence-electron chi connectivity index (χ4n) is 2.89. The lowest BCUT2D eigenvalue weighted by Gasteiger charge is -2.07. The van der Waals surface area contributed by atoms with Crippen LogP contribution in [-0.4, -0.2) is 25.9 Å². The number of nitrogens with zero attached hydrogens (tertiary/aromatic N) is 3. The van der Waals surface area contributed by atoms with E-state index in [2.05, 4.69) is 34.5 Å². The van der Waals surface area contributed by atoms with Crippen LogP contribution in [-0.2, 0) is 11.3 Å². The molecule has 0 saturated carbocycles. The van der Waals surface area contributed by atoms with Gasteiger partial charge in [0, 0.05) is 12.3 Å². The van der Waals surface area contributed by atoms with Crippen LogP contribution in [0.25, 0.3) is 10.8 Å². The molecule has 0 aliphatic carbocycles. The highest BCUT2D eigenvalue weighted by Crippen LogP contribution is 2.28. The minimum Gasteiger partial charge on any atom is -0.300 e. The number of H-pyrrole nitrogens is 1. The summed E-state index contributed by atoms with van der Waals surface area (Å²) in [4.78, 5) is 36.7. The Morgan fingerprint density at radius 2 is 1.89 bits per heavy atom. The molecular formula is C18H21N5O3S. The van der Waals surface area contributed by atoms with Crippen molar-refractivity contribution in [2.45, 2.75) is 45.6 Å². The van der Waals surface area contributed by atoms with Crippen molar-refractivity contribution in [2.75, 3.05) is 5.32 Å². The first-order valence-electron chi connectivity index (χ1n) is 8.88. The van der Waals surface area contributed by atoms with Crippen LogP contribution >= 0.6 is 11.3 Å². The monoisotopic (exact) mass is 387 g/mol. The largest absolute Gasteiger partial charge is 0.300 e. The standard InChI is InChI=1S/C18H21N5O3S/c1-3-11(4-2)16-20-21-18(27-16)19-14(24)9-10-23-17(26)13-8-6-5-7-12(13)15(25)22-23/h5-8,11H,3-4,9-10H2,1-2H3,(H,22,25)(H,19,21,24). The molecule has 0 unspecified atom stereocenters. The molecule has 2 N–H and O–H groups in total. The number of benzene rings is 1. The predicted octanol–water partition coefficient (Wildman–Crippen LogP) is 2.47. The number of rotatable bonds is 7. The Morgan fingerprint density at radius 3 is 2.59 bits per heavy atom. The first-order chi connectivity index (χ1) is 13.0. The fourth-order valence-corrected chi connectivity index (χ4v) is 3.91. The second-order valence-electron chi connectivity index (χ2n) is 6.20. The Morgan fingerprint density at radius 1 is 1.19 bits per heavy atom. The fraction of sp³-hybridized carbons (Fsp3) is 0.389. The molecule has 0 fully saturated rings. The molecule has 9 heteroatoms. The summed E-state index contributed by atoms with van der Waals surface area (Å²) in [6.45, 7) is 4.26. The molecule has 2 heterocycles. The summed E-state index contributed by atoms with van der Waals surface area (Å²) in [6, 6.07) is 6.60. The summed E-state index contributed by atoms with van der Waals surface area (Å²) >= 11 is 1.37. The van der Waals surface area contributed by atoms with Gasteiger partial charge < -0.3 is 5.32 Å². The summed E-state index contributed by atoms with van der Waals surface area (Å²) < 4.78 is 1.17. The normalized spacial score (nSPS) is 11.2. The van der Waals surface area contributed by atoms with Crippen LogP contribution in [0.4, 0.5) is 5.13 Å². The van der Waals surface area contributed by atoms with Crippen molar-refractivity contribution in [1.29, 1.82) is 0 Å². The molecule has 3 rings (SSSR count). The third kappa shape index (κ3) is 4.13. The highest BCUT2D eigenvalue weighted by Gasteiger charge is 2.15. The number of aryl methyl sites for hydroxylation is 1. The molecule has 0 aliphatic rings. The Hall–Kier alpha value is -2.81. The zero-order valence-electron chi connectivity index (χ0n) is 15.2.